The Hall–Kier alpha value is -3.51. The highest BCUT2D eigenvalue weighted by Crippen LogP contribution is 2.18. The van der Waals surface area contributed by atoms with Crippen LogP contribution in [-0.2, 0) is 0 Å². The van der Waals surface area contributed by atoms with Crippen molar-refractivity contribution in [3.8, 4) is 5.75 Å². The molecule has 0 radical (unpaired) electrons. The zero-order chi connectivity index (χ0) is 19.9. The zero-order valence-electron chi connectivity index (χ0n) is 14.9. The van der Waals surface area contributed by atoms with Gasteiger partial charge < -0.3 is 4.74 Å². The molecule has 7 heteroatoms. The number of carbonyl (C=O) groups excluding carboxylic acids is 2. The maximum atomic E-state index is 12.1. The van der Waals surface area contributed by atoms with Gasteiger partial charge in [0.15, 0.2) is 0 Å². The maximum Gasteiger partial charge on any atom is 0.345 e. The largest absolute Gasteiger partial charge is 0.423 e. The van der Waals surface area contributed by atoms with E-state index in [0.29, 0.717) is 21.9 Å². The molecule has 0 saturated carbocycles. The molecule has 0 bridgehead atoms. The lowest BCUT2D eigenvalue weighted by molar-refractivity contribution is 0.0734. The molecule has 140 valence electrons. The van der Waals surface area contributed by atoms with Gasteiger partial charge in [-0.25, -0.2) is 10.2 Å². The van der Waals surface area contributed by atoms with Gasteiger partial charge in [-0.1, -0.05) is 23.7 Å². The topological polar surface area (TPSA) is 80.6 Å². The summed E-state index contributed by atoms with van der Waals surface area (Å²) in [6, 6.07) is 16.8. The van der Waals surface area contributed by atoms with Crippen molar-refractivity contribution in [1.82, 2.24) is 10.4 Å². The van der Waals surface area contributed by atoms with Crippen LogP contribution in [0.15, 0.2) is 72.0 Å². The third-order valence-electron chi connectivity index (χ3n) is 3.74. The summed E-state index contributed by atoms with van der Waals surface area (Å²) in [4.78, 5) is 28.2. The summed E-state index contributed by atoms with van der Waals surface area (Å²) >= 11 is 5.99. The van der Waals surface area contributed by atoms with Crippen LogP contribution in [0.4, 0.5) is 0 Å². The number of halogens is 1. The van der Waals surface area contributed by atoms with Gasteiger partial charge in [-0.05, 0) is 61.0 Å². The number of carbonyl (C=O) groups is 2. The van der Waals surface area contributed by atoms with Crippen molar-refractivity contribution < 1.29 is 14.3 Å². The Morgan fingerprint density at radius 2 is 1.82 bits per heavy atom. The van der Waals surface area contributed by atoms with E-state index >= 15 is 0 Å². The SMILES string of the molecule is Cc1ccc(C(=O)NN=Cc2ccc(OC(=O)c3ccccc3Cl)cc2)cn1. The van der Waals surface area contributed by atoms with Crippen molar-refractivity contribution in [1.29, 1.82) is 0 Å². The highest BCUT2D eigenvalue weighted by molar-refractivity contribution is 6.33. The van der Waals surface area contributed by atoms with E-state index in [2.05, 4.69) is 15.5 Å². The summed E-state index contributed by atoms with van der Waals surface area (Å²) in [5.41, 5.74) is 4.70. The molecule has 0 aliphatic carbocycles. The molecular formula is C21H16ClN3O3. The van der Waals surface area contributed by atoms with Gasteiger partial charge in [-0.15, -0.1) is 0 Å². The normalized spacial score (nSPS) is 10.6. The molecule has 1 heterocycles. The molecule has 0 atom stereocenters. The minimum atomic E-state index is -0.536. The number of ether oxygens (including phenoxy) is 1. The Morgan fingerprint density at radius 1 is 1.07 bits per heavy atom. The quantitative estimate of drug-likeness (QED) is 0.307. The number of aromatic nitrogens is 1. The van der Waals surface area contributed by atoms with Crippen molar-refractivity contribution >= 4 is 29.7 Å². The molecule has 1 N–H and O–H groups in total. The summed E-state index contributed by atoms with van der Waals surface area (Å²) in [5, 5.41) is 4.24. The first kappa shape index (κ1) is 19.3. The number of amides is 1. The zero-order valence-corrected chi connectivity index (χ0v) is 15.7. The smallest absolute Gasteiger partial charge is 0.345 e. The molecule has 2 aromatic carbocycles. The van der Waals surface area contributed by atoms with Gasteiger partial charge in [-0.3, -0.25) is 9.78 Å². The number of hydrogen-bond acceptors (Lipinski definition) is 5. The minimum Gasteiger partial charge on any atom is -0.423 e. The van der Waals surface area contributed by atoms with Crippen LogP contribution in [0.25, 0.3) is 0 Å². The molecule has 3 aromatic rings. The van der Waals surface area contributed by atoms with E-state index in [-0.39, 0.29) is 5.91 Å². The first-order valence-corrected chi connectivity index (χ1v) is 8.73. The van der Waals surface area contributed by atoms with Crippen LogP contribution < -0.4 is 10.2 Å². The van der Waals surface area contributed by atoms with Crippen molar-refractivity contribution in [2.45, 2.75) is 6.92 Å². The number of nitrogens with one attached hydrogen (secondary N) is 1. The molecule has 3 rings (SSSR count). The number of benzene rings is 2. The molecule has 0 aliphatic heterocycles. The molecule has 28 heavy (non-hydrogen) atoms. The lowest BCUT2D eigenvalue weighted by atomic mass is 10.2. The van der Waals surface area contributed by atoms with E-state index in [1.165, 1.54) is 12.4 Å². The Kier molecular flexibility index (Phi) is 6.14. The van der Waals surface area contributed by atoms with Crippen molar-refractivity contribution in [2.24, 2.45) is 5.10 Å². The second-order valence-corrected chi connectivity index (χ2v) is 6.23. The van der Waals surface area contributed by atoms with E-state index in [1.54, 1.807) is 60.7 Å². The average Bonchev–Trinajstić information content (AvgIpc) is 2.70. The van der Waals surface area contributed by atoms with Crippen LogP contribution in [0.5, 0.6) is 5.75 Å². The fourth-order valence-electron chi connectivity index (χ4n) is 2.24. The van der Waals surface area contributed by atoms with E-state index in [0.717, 1.165) is 11.3 Å². The fraction of sp³-hybridized carbons (Fsp3) is 0.0476. The summed E-state index contributed by atoms with van der Waals surface area (Å²) < 4.78 is 5.30. The standard InChI is InChI=1S/C21H16ClN3O3/c1-14-6-9-16(13-23-14)20(26)25-24-12-15-7-10-17(11-8-15)28-21(27)18-4-2-3-5-19(18)22/h2-13H,1H3,(H,25,26). The summed E-state index contributed by atoms with van der Waals surface area (Å²) in [7, 11) is 0. The highest BCUT2D eigenvalue weighted by Gasteiger charge is 2.12. The average molecular weight is 394 g/mol. The second kappa shape index (κ2) is 8.92. The Balaban J connectivity index is 1.57. The third kappa shape index (κ3) is 5.02. The van der Waals surface area contributed by atoms with E-state index in [4.69, 9.17) is 16.3 Å². The van der Waals surface area contributed by atoms with E-state index in [9.17, 15) is 9.59 Å². The van der Waals surface area contributed by atoms with Crippen molar-refractivity contribution in [3.63, 3.8) is 0 Å². The molecule has 0 saturated heterocycles. The number of hydrogen-bond donors (Lipinski definition) is 1. The van der Waals surface area contributed by atoms with Crippen LogP contribution in [-0.4, -0.2) is 23.1 Å². The summed E-state index contributed by atoms with van der Waals surface area (Å²) in [6.07, 6.45) is 2.97. The molecule has 0 fully saturated rings. The number of rotatable bonds is 5. The van der Waals surface area contributed by atoms with Gasteiger partial charge in [0.1, 0.15) is 5.75 Å². The Labute approximate surface area is 166 Å². The van der Waals surface area contributed by atoms with E-state index < -0.39 is 5.97 Å². The Bertz CT molecular complexity index is 1020. The first-order chi connectivity index (χ1) is 13.5. The Morgan fingerprint density at radius 3 is 2.50 bits per heavy atom. The van der Waals surface area contributed by atoms with Crippen LogP contribution in [0.1, 0.15) is 32.0 Å². The van der Waals surface area contributed by atoms with Gasteiger partial charge in [0.25, 0.3) is 5.91 Å². The minimum absolute atomic E-state index is 0.295. The van der Waals surface area contributed by atoms with E-state index in [1.807, 2.05) is 6.92 Å². The van der Waals surface area contributed by atoms with Crippen LogP contribution in [0, 0.1) is 6.92 Å². The van der Waals surface area contributed by atoms with Crippen LogP contribution in [0.2, 0.25) is 5.02 Å². The monoisotopic (exact) mass is 393 g/mol. The summed E-state index contributed by atoms with van der Waals surface area (Å²) in [5.74, 6) is -0.517. The van der Waals surface area contributed by atoms with Gasteiger partial charge >= 0.3 is 5.97 Å². The van der Waals surface area contributed by atoms with Gasteiger partial charge in [-0.2, -0.15) is 5.10 Å². The molecule has 0 unspecified atom stereocenters. The summed E-state index contributed by atoms with van der Waals surface area (Å²) in [6.45, 7) is 1.84. The highest BCUT2D eigenvalue weighted by atomic mass is 35.5. The lowest BCUT2D eigenvalue weighted by Crippen LogP contribution is -2.17. The van der Waals surface area contributed by atoms with Gasteiger partial charge in [0.2, 0.25) is 0 Å². The molecule has 1 amide bonds. The number of hydrazone groups is 1. The molecular weight excluding hydrogens is 378 g/mol. The van der Waals surface area contributed by atoms with Crippen LogP contribution in [0.3, 0.4) is 0 Å². The number of pyridine rings is 1. The predicted molar refractivity (Wildman–Crippen MR) is 107 cm³/mol. The maximum absolute atomic E-state index is 12.1. The van der Waals surface area contributed by atoms with Crippen molar-refractivity contribution in [3.05, 3.63) is 94.3 Å². The number of aryl methyl sites for hydroxylation is 1. The fourth-order valence-corrected chi connectivity index (χ4v) is 2.46. The molecule has 1 aromatic heterocycles. The third-order valence-corrected chi connectivity index (χ3v) is 4.07. The van der Waals surface area contributed by atoms with Crippen LogP contribution >= 0.6 is 11.6 Å². The molecule has 0 spiro atoms. The van der Waals surface area contributed by atoms with Crippen molar-refractivity contribution in [2.75, 3.05) is 0 Å². The van der Waals surface area contributed by atoms with Gasteiger partial charge in [0, 0.05) is 11.9 Å². The predicted octanol–water partition coefficient (Wildman–Crippen LogP) is 4.03. The molecule has 0 aliphatic rings. The lowest BCUT2D eigenvalue weighted by Gasteiger charge is -2.06. The number of esters is 1. The second-order valence-electron chi connectivity index (χ2n) is 5.83. The first-order valence-electron chi connectivity index (χ1n) is 8.36. The molecule has 6 nitrogen and oxygen atoms in total. The number of nitrogens with zero attached hydrogens (tertiary/aromatic N) is 2. The van der Waals surface area contributed by atoms with Gasteiger partial charge in [0.05, 0.1) is 22.4 Å².